The third-order valence-electron chi connectivity index (χ3n) is 6.08. The van der Waals surface area contributed by atoms with Gasteiger partial charge in [0.25, 0.3) is 5.91 Å². The van der Waals surface area contributed by atoms with Crippen molar-refractivity contribution in [1.29, 1.82) is 0 Å². The average molecular weight is 452 g/mol. The molecule has 4 aromatic rings. The summed E-state index contributed by atoms with van der Waals surface area (Å²) in [5.74, 6) is 0.591. The summed E-state index contributed by atoms with van der Waals surface area (Å²) in [5.41, 5.74) is 2.49. The molecule has 0 radical (unpaired) electrons. The molecule has 0 spiro atoms. The number of carbonyl (C=O) groups excluding carboxylic acids is 1. The zero-order valence-electron chi connectivity index (χ0n) is 18.6. The van der Waals surface area contributed by atoms with Crippen LogP contribution >= 0.6 is 0 Å². The van der Waals surface area contributed by atoms with E-state index in [-0.39, 0.29) is 24.0 Å². The molecule has 1 aliphatic rings. The van der Waals surface area contributed by atoms with Crippen LogP contribution in [0.2, 0.25) is 0 Å². The van der Waals surface area contributed by atoms with Crippen LogP contribution in [0.15, 0.2) is 22.9 Å². The van der Waals surface area contributed by atoms with E-state index in [9.17, 15) is 9.18 Å². The van der Waals surface area contributed by atoms with Crippen molar-refractivity contribution in [2.24, 2.45) is 0 Å². The van der Waals surface area contributed by atoms with E-state index in [4.69, 9.17) is 9.40 Å². The Morgan fingerprint density at radius 3 is 2.88 bits per heavy atom. The van der Waals surface area contributed by atoms with E-state index in [0.29, 0.717) is 34.3 Å². The van der Waals surface area contributed by atoms with Gasteiger partial charge in [-0.1, -0.05) is 0 Å². The quantitative estimate of drug-likeness (QED) is 0.351. The van der Waals surface area contributed by atoms with Gasteiger partial charge in [0, 0.05) is 31.6 Å². The lowest BCUT2D eigenvalue weighted by Gasteiger charge is -2.19. The molecular formula is C22H25FN8O2. The number of anilines is 2. The highest BCUT2D eigenvalue weighted by Gasteiger charge is 2.27. The molecule has 10 nitrogen and oxygen atoms in total. The summed E-state index contributed by atoms with van der Waals surface area (Å²) in [6.45, 7) is 3.38. The van der Waals surface area contributed by atoms with Gasteiger partial charge in [0.15, 0.2) is 12.2 Å². The van der Waals surface area contributed by atoms with Crippen LogP contribution in [0, 0.1) is 12.7 Å². The fraction of sp³-hybridized carbons (Fsp3) is 0.364. The van der Waals surface area contributed by atoms with Crippen molar-refractivity contribution in [3.63, 3.8) is 0 Å². The van der Waals surface area contributed by atoms with E-state index in [1.807, 2.05) is 7.05 Å². The number of amides is 1. The second-order valence-corrected chi connectivity index (χ2v) is 8.11. The summed E-state index contributed by atoms with van der Waals surface area (Å²) in [7, 11) is 3.69. The maximum absolute atomic E-state index is 14.4. The fourth-order valence-corrected chi connectivity index (χ4v) is 4.34. The van der Waals surface area contributed by atoms with Gasteiger partial charge in [-0.25, -0.2) is 19.3 Å². The van der Waals surface area contributed by atoms with Gasteiger partial charge in [-0.15, -0.1) is 0 Å². The lowest BCUT2D eigenvalue weighted by Crippen LogP contribution is -2.30. The van der Waals surface area contributed by atoms with Crippen LogP contribution in [0.5, 0.6) is 0 Å². The Morgan fingerprint density at radius 1 is 1.33 bits per heavy atom. The average Bonchev–Trinajstić information content (AvgIpc) is 3.54. The van der Waals surface area contributed by atoms with Crippen LogP contribution in [0.3, 0.4) is 0 Å². The summed E-state index contributed by atoms with van der Waals surface area (Å²) >= 11 is 0. The molecule has 3 aromatic heterocycles. The maximum Gasteiger partial charge on any atom is 0.289 e. The highest BCUT2D eigenvalue weighted by atomic mass is 19.1. The normalized spacial score (nSPS) is 16.1. The molecule has 1 aromatic carbocycles. The Bertz CT molecular complexity index is 1350. The predicted molar refractivity (Wildman–Crippen MR) is 123 cm³/mol. The number of aryl methyl sites for hydroxylation is 1. The summed E-state index contributed by atoms with van der Waals surface area (Å²) in [5, 5.41) is 10.6. The molecule has 1 amide bonds. The van der Waals surface area contributed by atoms with Gasteiger partial charge >= 0.3 is 0 Å². The number of nitrogens with one attached hydrogen (secondary N) is 4. The van der Waals surface area contributed by atoms with Gasteiger partial charge in [-0.05, 0) is 32.5 Å². The number of hydrogen-bond acceptors (Lipinski definition) is 8. The molecule has 0 saturated carbocycles. The monoisotopic (exact) mass is 452 g/mol. The summed E-state index contributed by atoms with van der Waals surface area (Å²) in [6.07, 6.45) is 2.21. The predicted octanol–water partition coefficient (Wildman–Crippen LogP) is 2.32. The Balaban J connectivity index is 1.59. The molecule has 1 fully saturated rings. The Hall–Kier alpha value is -3.73. The van der Waals surface area contributed by atoms with Gasteiger partial charge in [0.1, 0.15) is 17.3 Å². The topological polar surface area (TPSA) is 124 Å². The molecule has 4 N–H and O–H groups in total. The van der Waals surface area contributed by atoms with Crippen molar-refractivity contribution in [2.45, 2.75) is 25.9 Å². The van der Waals surface area contributed by atoms with Gasteiger partial charge in [0.05, 0.1) is 28.8 Å². The molecule has 1 unspecified atom stereocenters. The number of halogens is 1. The van der Waals surface area contributed by atoms with Crippen LogP contribution in [0.4, 0.5) is 15.9 Å². The maximum atomic E-state index is 14.4. The number of likely N-dealkylation sites (N-methyl/N-ethyl adjacent to an activating group) is 1. The summed E-state index contributed by atoms with van der Waals surface area (Å²) in [6, 6.07) is 3.28. The largest absolute Gasteiger partial charge is 0.438 e. The fourth-order valence-electron chi connectivity index (χ4n) is 4.34. The molecule has 1 atom stereocenters. The van der Waals surface area contributed by atoms with Gasteiger partial charge in [-0.3, -0.25) is 4.79 Å². The Labute approximate surface area is 189 Å². The van der Waals surface area contributed by atoms with E-state index < -0.39 is 0 Å². The minimum atomic E-state index is -0.386. The molecule has 1 saturated heterocycles. The third-order valence-corrected chi connectivity index (χ3v) is 6.08. The van der Waals surface area contributed by atoms with Crippen molar-refractivity contribution >= 4 is 39.3 Å². The molecule has 0 bridgehead atoms. The van der Waals surface area contributed by atoms with Crippen molar-refractivity contribution in [3.05, 3.63) is 41.6 Å². The molecule has 0 aliphatic carbocycles. The number of rotatable bonds is 6. The SMILES string of the molecule is CNc1cc(F)cc2c1[nH]c1nc(CNC(=O)c3ocnc3C)nc(N3CCC(NC)C3)c12. The summed E-state index contributed by atoms with van der Waals surface area (Å²) < 4.78 is 19.6. The molecule has 172 valence electrons. The van der Waals surface area contributed by atoms with E-state index in [0.717, 1.165) is 36.2 Å². The van der Waals surface area contributed by atoms with Crippen molar-refractivity contribution in [3.8, 4) is 0 Å². The molecular weight excluding hydrogens is 427 g/mol. The van der Waals surface area contributed by atoms with E-state index in [1.165, 1.54) is 18.5 Å². The number of nitrogens with zero attached hydrogens (tertiary/aromatic N) is 4. The van der Waals surface area contributed by atoms with Crippen LogP contribution in [0.1, 0.15) is 28.5 Å². The Kier molecular flexibility index (Phi) is 5.33. The first-order valence-electron chi connectivity index (χ1n) is 10.8. The van der Waals surface area contributed by atoms with E-state index in [1.54, 1.807) is 14.0 Å². The molecule has 33 heavy (non-hydrogen) atoms. The highest BCUT2D eigenvalue weighted by molar-refractivity contribution is 6.14. The first-order valence-corrected chi connectivity index (χ1v) is 10.8. The van der Waals surface area contributed by atoms with Gasteiger partial charge < -0.3 is 30.3 Å². The van der Waals surface area contributed by atoms with Crippen molar-refractivity contribution in [2.75, 3.05) is 37.4 Å². The van der Waals surface area contributed by atoms with Crippen LogP contribution in [0.25, 0.3) is 21.9 Å². The minimum Gasteiger partial charge on any atom is -0.438 e. The minimum absolute atomic E-state index is 0.105. The number of aromatic nitrogens is 4. The van der Waals surface area contributed by atoms with E-state index >= 15 is 0 Å². The van der Waals surface area contributed by atoms with Crippen LogP contribution < -0.4 is 20.9 Å². The van der Waals surface area contributed by atoms with Gasteiger partial charge in [-0.2, -0.15) is 0 Å². The Morgan fingerprint density at radius 2 is 2.18 bits per heavy atom. The van der Waals surface area contributed by atoms with Crippen LogP contribution in [-0.4, -0.2) is 59.1 Å². The number of hydrogen-bond donors (Lipinski definition) is 4. The van der Waals surface area contributed by atoms with Crippen molar-refractivity contribution in [1.82, 2.24) is 30.6 Å². The smallest absolute Gasteiger partial charge is 0.289 e. The first kappa shape index (κ1) is 21.1. The molecule has 11 heteroatoms. The standard InChI is InChI=1S/C22H25FN8O2/c1-11-19(33-10-27-11)22(32)26-8-16-28-20-17(21(29-16)31-5-4-13(9-31)24-2)14-6-12(23)7-15(25-3)18(14)30-20/h6-7,10,13,24-25H,4-5,8-9H2,1-3H3,(H,26,32)(H,28,29,30). The number of benzene rings is 1. The first-order chi connectivity index (χ1) is 16.0. The lowest BCUT2D eigenvalue weighted by atomic mass is 10.1. The number of carbonyl (C=O) groups is 1. The highest BCUT2D eigenvalue weighted by Crippen LogP contribution is 2.36. The number of oxazole rings is 1. The molecule has 4 heterocycles. The van der Waals surface area contributed by atoms with Crippen molar-refractivity contribution < 1.29 is 13.6 Å². The summed E-state index contributed by atoms with van der Waals surface area (Å²) in [4.78, 5) is 31.4. The molecule has 1 aliphatic heterocycles. The van der Waals surface area contributed by atoms with Crippen LogP contribution in [-0.2, 0) is 6.54 Å². The second kappa shape index (κ2) is 8.32. The lowest BCUT2D eigenvalue weighted by molar-refractivity contribution is 0.0921. The molecule has 5 rings (SSSR count). The van der Waals surface area contributed by atoms with Gasteiger partial charge in [0.2, 0.25) is 5.76 Å². The van der Waals surface area contributed by atoms with E-state index in [2.05, 4.69) is 35.8 Å². The number of aromatic amines is 1. The third kappa shape index (κ3) is 3.74. The zero-order valence-corrected chi connectivity index (χ0v) is 18.6. The number of H-pyrrole nitrogens is 1. The zero-order chi connectivity index (χ0) is 23.1. The number of fused-ring (bicyclic) bond motifs is 3. The second-order valence-electron chi connectivity index (χ2n) is 8.11.